The third-order valence-electron chi connectivity index (χ3n) is 3.96. The van der Waals surface area contributed by atoms with Crippen LogP contribution in [0.4, 0.5) is 0 Å². The van der Waals surface area contributed by atoms with Gasteiger partial charge in [0.2, 0.25) is 10.0 Å². The highest BCUT2D eigenvalue weighted by atomic mass is 32.2. The third kappa shape index (κ3) is 4.51. The minimum atomic E-state index is -3.45. The van der Waals surface area contributed by atoms with Crippen molar-refractivity contribution in [2.75, 3.05) is 26.2 Å². The molecule has 3 N–H and O–H groups in total. The second-order valence-corrected chi connectivity index (χ2v) is 7.30. The van der Waals surface area contributed by atoms with Gasteiger partial charge in [0.15, 0.2) is 0 Å². The lowest BCUT2D eigenvalue weighted by Gasteiger charge is -2.15. The minimum Gasteiger partial charge on any atom is -0.324 e. The van der Waals surface area contributed by atoms with Gasteiger partial charge in [0, 0.05) is 19.1 Å². The van der Waals surface area contributed by atoms with Crippen LogP contribution < -0.4 is 10.5 Å². The van der Waals surface area contributed by atoms with Crippen LogP contribution in [0.3, 0.4) is 0 Å². The highest BCUT2D eigenvalue weighted by Crippen LogP contribution is 2.18. The van der Waals surface area contributed by atoms with E-state index in [1.165, 1.54) is 12.8 Å². The van der Waals surface area contributed by atoms with Gasteiger partial charge >= 0.3 is 0 Å². The van der Waals surface area contributed by atoms with Gasteiger partial charge in [-0.2, -0.15) is 0 Å². The molecular formula is C15H25N3O2S. The van der Waals surface area contributed by atoms with Crippen molar-refractivity contribution in [3.63, 3.8) is 0 Å². The summed E-state index contributed by atoms with van der Waals surface area (Å²) in [6.45, 7) is 5.35. The van der Waals surface area contributed by atoms with Crippen LogP contribution in [-0.4, -0.2) is 39.5 Å². The molecule has 1 atom stereocenters. The van der Waals surface area contributed by atoms with Crippen molar-refractivity contribution in [2.24, 2.45) is 5.73 Å². The van der Waals surface area contributed by atoms with Crippen LogP contribution in [0.1, 0.15) is 37.8 Å². The van der Waals surface area contributed by atoms with E-state index in [0.717, 1.165) is 31.6 Å². The Morgan fingerprint density at radius 2 is 2.05 bits per heavy atom. The average molecular weight is 311 g/mol. The standard InChI is InChI=1S/C15H25N3O2S/c1-2-15(16)13-6-5-7-14(12-13)21(19,20)17-8-11-18-9-3-4-10-18/h5-7,12,15,17H,2-4,8-11,16H2,1H3. The van der Waals surface area contributed by atoms with Crippen molar-refractivity contribution in [3.05, 3.63) is 29.8 Å². The van der Waals surface area contributed by atoms with E-state index in [1.807, 2.05) is 13.0 Å². The lowest BCUT2D eigenvalue weighted by molar-refractivity contribution is 0.344. The molecule has 2 rings (SSSR count). The zero-order chi connectivity index (χ0) is 15.3. The molecule has 1 unspecified atom stereocenters. The predicted octanol–water partition coefficient (Wildman–Crippen LogP) is 1.47. The summed E-state index contributed by atoms with van der Waals surface area (Å²) in [5.74, 6) is 0. The zero-order valence-electron chi connectivity index (χ0n) is 12.6. The van der Waals surface area contributed by atoms with Crippen molar-refractivity contribution in [3.8, 4) is 0 Å². The molecule has 5 nitrogen and oxygen atoms in total. The lowest BCUT2D eigenvalue weighted by Crippen LogP contribution is -2.33. The van der Waals surface area contributed by atoms with Crippen molar-refractivity contribution < 1.29 is 8.42 Å². The number of nitrogens with zero attached hydrogens (tertiary/aromatic N) is 1. The number of hydrogen-bond acceptors (Lipinski definition) is 4. The molecule has 1 heterocycles. The molecule has 1 saturated heterocycles. The second kappa shape index (κ2) is 7.35. The van der Waals surface area contributed by atoms with Crippen molar-refractivity contribution in [1.82, 2.24) is 9.62 Å². The Bertz CT molecular complexity index is 554. The van der Waals surface area contributed by atoms with E-state index >= 15 is 0 Å². The molecule has 0 radical (unpaired) electrons. The van der Waals surface area contributed by atoms with Crippen LogP contribution in [0.15, 0.2) is 29.2 Å². The van der Waals surface area contributed by atoms with E-state index in [4.69, 9.17) is 5.73 Å². The van der Waals surface area contributed by atoms with Gasteiger partial charge in [0.1, 0.15) is 0 Å². The summed E-state index contributed by atoms with van der Waals surface area (Å²) in [6, 6.07) is 6.79. The monoisotopic (exact) mass is 311 g/mol. The number of rotatable bonds is 7. The number of nitrogens with two attached hydrogens (primary N) is 1. The van der Waals surface area contributed by atoms with Gasteiger partial charge in [-0.1, -0.05) is 19.1 Å². The predicted molar refractivity (Wildman–Crippen MR) is 84.5 cm³/mol. The van der Waals surface area contributed by atoms with Gasteiger partial charge < -0.3 is 10.6 Å². The maximum Gasteiger partial charge on any atom is 0.240 e. The largest absolute Gasteiger partial charge is 0.324 e. The molecule has 21 heavy (non-hydrogen) atoms. The molecule has 118 valence electrons. The number of sulfonamides is 1. The summed E-state index contributed by atoms with van der Waals surface area (Å²) in [4.78, 5) is 2.58. The maximum absolute atomic E-state index is 12.3. The Morgan fingerprint density at radius 1 is 1.33 bits per heavy atom. The van der Waals surface area contributed by atoms with E-state index in [9.17, 15) is 8.42 Å². The molecule has 1 aromatic rings. The summed E-state index contributed by atoms with van der Waals surface area (Å²) in [5.41, 5.74) is 6.83. The summed E-state index contributed by atoms with van der Waals surface area (Å²) >= 11 is 0. The van der Waals surface area contributed by atoms with Crippen molar-refractivity contribution >= 4 is 10.0 Å². The van der Waals surface area contributed by atoms with E-state index in [1.54, 1.807) is 18.2 Å². The first-order valence-corrected chi connectivity index (χ1v) is 9.09. The average Bonchev–Trinajstić information content (AvgIpc) is 2.99. The Morgan fingerprint density at radius 3 is 2.71 bits per heavy atom. The second-order valence-electron chi connectivity index (χ2n) is 5.53. The van der Waals surface area contributed by atoms with Gasteiger partial charge in [-0.3, -0.25) is 0 Å². The normalized spacial score (nSPS) is 18.0. The first-order valence-electron chi connectivity index (χ1n) is 7.60. The summed E-state index contributed by atoms with van der Waals surface area (Å²) in [7, 11) is -3.45. The van der Waals surface area contributed by atoms with Crippen molar-refractivity contribution in [1.29, 1.82) is 0 Å². The molecule has 1 aliphatic heterocycles. The van der Waals surface area contributed by atoms with E-state index in [2.05, 4.69) is 9.62 Å². The first kappa shape index (κ1) is 16.4. The van der Waals surface area contributed by atoms with Crippen LogP contribution >= 0.6 is 0 Å². The van der Waals surface area contributed by atoms with Crippen molar-refractivity contribution in [2.45, 2.75) is 37.1 Å². The molecule has 6 heteroatoms. The number of benzene rings is 1. The fraction of sp³-hybridized carbons (Fsp3) is 0.600. The third-order valence-corrected chi connectivity index (χ3v) is 5.41. The molecule has 0 aromatic heterocycles. The van der Waals surface area contributed by atoms with E-state index < -0.39 is 10.0 Å². The van der Waals surface area contributed by atoms with Crippen LogP contribution in [0.25, 0.3) is 0 Å². The molecule has 1 aliphatic rings. The summed E-state index contributed by atoms with van der Waals surface area (Å²) in [6.07, 6.45) is 3.21. The van der Waals surface area contributed by atoms with Gasteiger partial charge in [0.25, 0.3) is 0 Å². The van der Waals surface area contributed by atoms with Gasteiger partial charge in [-0.15, -0.1) is 0 Å². The Balaban J connectivity index is 1.98. The molecule has 0 amide bonds. The van der Waals surface area contributed by atoms with E-state index in [-0.39, 0.29) is 6.04 Å². The lowest BCUT2D eigenvalue weighted by atomic mass is 10.1. The smallest absolute Gasteiger partial charge is 0.240 e. The molecule has 0 spiro atoms. The van der Waals surface area contributed by atoms with Gasteiger partial charge in [-0.25, -0.2) is 13.1 Å². The van der Waals surface area contributed by atoms with E-state index in [0.29, 0.717) is 11.4 Å². The fourth-order valence-electron chi connectivity index (χ4n) is 2.58. The minimum absolute atomic E-state index is 0.121. The molecule has 0 bridgehead atoms. The molecule has 0 saturated carbocycles. The maximum atomic E-state index is 12.3. The quantitative estimate of drug-likeness (QED) is 0.799. The molecular weight excluding hydrogens is 286 g/mol. The van der Waals surface area contributed by atoms with Crippen LogP contribution in [-0.2, 0) is 10.0 Å². The Hall–Kier alpha value is -0.950. The van der Waals surface area contributed by atoms with Crippen LogP contribution in [0.5, 0.6) is 0 Å². The number of nitrogens with one attached hydrogen (secondary N) is 1. The SMILES string of the molecule is CCC(N)c1cccc(S(=O)(=O)NCCN2CCCC2)c1. The Labute approximate surface area is 127 Å². The first-order chi connectivity index (χ1) is 10.0. The van der Waals surface area contributed by atoms with Gasteiger partial charge in [0.05, 0.1) is 4.90 Å². The Kier molecular flexibility index (Phi) is 5.75. The van der Waals surface area contributed by atoms with Gasteiger partial charge in [-0.05, 0) is 50.0 Å². The molecule has 1 fully saturated rings. The fourth-order valence-corrected chi connectivity index (χ4v) is 3.65. The molecule has 1 aromatic carbocycles. The highest BCUT2D eigenvalue weighted by molar-refractivity contribution is 7.89. The van der Waals surface area contributed by atoms with Crippen LogP contribution in [0.2, 0.25) is 0 Å². The summed E-state index contributed by atoms with van der Waals surface area (Å²) < 4.78 is 27.3. The number of likely N-dealkylation sites (tertiary alicyclic amines) is 1. The summed E-state index contributed by atoms with van der Waals surface area (Å²) in [5, 5.41) is 0. The number of hydrogen-bond donors (Lipinski definition) is 2. The molecule has 0 aliphatic carbocycles. The van der Waals surface area contributed by atoms with Crippen LogP contribution in [0, 0.1) is 0 Å². The topological polar surface area (TPSA) is 75.4 Å². The highest BCUT2D eigenvalue weighted by Gasteiger charge is 2.17. The zero-order valence-corrected chi connectivity index (χ0v) is 13.4.